The van der Waals surface area contributed by atoms with E-state index in [-0.39, 0.29) is 5.91 Å². The fourth-order valence-electron chi connectivity index (χ4n) is 3.84. The first-order valence-electron chi connectivity index (χ1n) is 10.4. The van der Waals surface area contributed by atoms with Crippen LogP contribution in [0, 0.1) is 6.92 Å². The first-order chi connectivity index (χ1) is 14.7. The SMILES string of the molecule is Cc1ccc2c(CC(=O)NCCn3cc(-c4ccncc4)c(C4CC4)n3)coc2c1. The van der Waals surface area contributed by atoms with Gasteiger partial charge in [-0.2, -0.15) is 5.10 Å². The van der Waals surface area contributed by atoms with Crippen LogP contribution in [0.15, 0.2) is 59.6 Å². The molecule has 1 aliphatic rings. The molecule has 0 bridgehead atoms. The summed E-state index contributed by atoms with van der Waals surface area (Å²) in [7, 11) is 0. The fraction of sp³-hybridized carbons (Fsp3) is 0.292. The van der Waals surface area contributed by atoms with Gasteiger partial charge in [-0.25, -0.2) is 0 Å². The van der Waals surface area contributed by atoms with E-state index in [1.54, 1.807) is 6.26 Å². The van der Waals surface area contributed by atoms with Crippen molar-refractivity contribution in [3.8, 4) is 11.1 Å². The number of nitrogens with zero attached hydrogens (tertiary/aromatic N) is 3. The van der Waals surface area contributed by atoms with Gasteiger partial charge in [-0.15, -0.1) is 0 Å². The van der Waals surface area contributed by atoms with E-state index in [9.17, 15) is 4.79 Å². The molecule has 6 nitrogen and oxygen atoms in total. The van der Waals surface area contributed by atoms with E-state index in [1.165, 1.54) is 18.4 Å². The Labute approximate surface area is 174 Å². The minimum atomic E-state index is -0.0118. The van der Waals surface area contributed by atoms with Crippen LogP contribution in [0.2, 0.25) is 0 Å². The number of amides is 1. The van der Waals surface area contributed by atoms with Gasteiger partial charge in [0.1, 0.15) is 5.58 Å². The van der Waals surface area contributed by atoms with E-state index in [0.717, 1.165) is 33.4 Å². The second-order valence-corrected chi connectivity index (χ2v) is 7.99. The highest BCUT2D eigenvalue weighted by Gasteiger charge is 2.29. The second kappa shape index (κ2) is 7.78. The van der Waals surface area contributed by atoms with Crippen LogP contribution < -0.4 is 5.32 Å². The Morgan fingerprint density at radius 2 is 2.07 bits per heavy atom. The van der Waals surface area contributed by atoms with Crippen molar-refractivity contribution < 1.29 is 9.21 Å². The average Bonchev–Trinajstić information content (AvgIpc) is 3.40. The lowest BCUT2D eigenvalue weighted by molar-refractivity contribution is -0.120. The smallest absolute Gasteiger partial charge is 0.224 e. The Bertz CT molecular complexity index is 1190. The Morgan fingerprint density at radius 3 is 2.87 bits per heavy atom. The Balaban J connectivity index is 1.22. The summed E-state index contributed by atoms with van der Waals surface area (Å²) >= 11 is 0. The summed E-state index contributed by atoms with van der Waals surface area (Å²) in [6.45, 7) is 3.20. The third-order valence-corrected chi connectivity index (χ3v) is 5.57. The van der Waals surface area contributed by atoms with Gasteiger partial charge in [-0.05, 0) is 49.1 Å². The highest BCUT2D eigenvalue weighted by Crippen LogP contribution is 2.43. The standard InChI is InChI=1S/C24H24N4O2/c1-16-2-5-20-19(15-30-22(20)12-16)13-23(29)26-10-11-28-14-21(17-6-8-25-9-7-17)24(27-28)18-3-4-18/h2,5-9,12,14-15,18H,3-4,10-11,13H2,1H3,(H,26,29). The van der Waals surface area contributed by atoms with Crippen LogP contribution >= 0.6 is 0 Å². The largest absolute Gasteiger partial charge is 0.464 e. The topological polar surface area (TPSA) is 73.0 Å². The number of pyridine rings is 1. The van der Waals surface area contributed by atoms with E-state index in [2.05, 4.69) is 16.5 Å². The molecular formula is C24H24N4O2. The van der Waals surface area contributed by atoms with Crippen LogP contribution in [0.5, 0.6) is 0 Å². The molecule has 30 heavy (non-hydrogen) atoms. The van der Waals surface area contributed by atoms with Gasteiger partial charge in [0.05, 0.1) is 24.9 Å². The normalized spacial score (nSPS) is 13.6. The van der Waals surface area contributed by atoms with Crippen molar-refractivity contribution in [3.63, 3.8) is 0 Å². The van der Waals surface area contributed by atoms with Crippen LogP contribution in [-0.4, -0.2) is 27.2 Å². The van der Waals surface area contributed by atoms with E-state index in [0.29, 0.717) is 25.4 Å². The summed E-state index contributed by atoms with van der Waals surface area (Å²) in [5, 5.41) is 8.81. The molecule has 1 aliphatic carbocycles. The third kappa shape index (κ3) is 3.85. The molecule has 0 saturated heterocycles. The molecule has 4 aromatic rings. The highest BCUT2D eigenvalue weighted by atomic mass is 16.3. The molecule has 1 N–H and O–H groups in total. The van der Waals surface area contributed by atoms with Gasteiger partial charge in [0.2, 0.25) is 5.91 Å². The lowest BCUT2D eigenvalue weighted by atomic mass is 10.1. The number of benzene rings is 1. The van der Waals surface area contributed by atoms with Crippen LogP contribution in [0.4, 0.5) is 0 Å². The predicted octanol–water partition coefficient (Wildman–Crippen LogP) is 4.24. The van der Waals surface area contributed by atoms with Gasteiger partial charge >= 0.3 is 0 Å². The molecule has 6 heteroatoms. The summed E-state index contributed by atoms with van der Waals surface area (Å²) in [5.74, 6) is 0.546. The van der Waals surface area contributed by atoms with E-state index < -0.39 is 0 Å². The van der Waals surface area contributed by atoms with Crippen molar-refractivity contribution in [1.82, 2.24) is 20.1 Å². The molecule has 3 aromatic heterocycles. The maximum atomic E-state index is 12.4. The van der Waals surface area contributed by atoms with Crippen LogP contribution in [-0.2, 0) is 17.8 Å². The predicted molar refractivity (Wildman–Crippen MR) is 115 cm³/mol. The number of hydrogen-bond acceptors (Lipinski definition) is 4. The maximum absolute atomic E-state index is 12.4. The fourth-order valence-corrected chi connectivity index (χ4v) is 3.84. The van der Waals surface area contributed by atoms with E-state index in [1.807, 2.05) is 54.3 Å². The van der Waals surface area contributed by atoms with Gasteiger partial charge in [-0.1, -0.05) is 12.1 Å². The van der Waals surface area contributed by atoms with Crippen LogP contribution in [0.25, 0.3) is 22.1 Å². The Morgan fingerprint density at radius 1 is 1.23 bits per heavy atom. The minimum absolute atomic E-state index is 0.0118. The van der Waals surface area contributed by atoms with E-state index in [4.69, 9.17) is 9.52 Å². The molecule has 0 aliphatic heterocycles. The first kappa shape index (κ1) is 18.6. The molecule has 0 spiro atoms. The number of nitrogens with one attached hydrogen (secondary N) is 1. The monoisotopic (exact) mass is 400 g/mol. The average molecular weight is 400 g/mol. The first-order valence-corrected chi connectivity index (χ1v) is 10.4. The zero-order valence-electron chi connectivity index (χ0n) is 17.0. The van der Waals surface area contributed by atoms with Crippen molar-refractivity contribution in [3.05, 3.63) is 72.0 Å². The van der Waals surface area contributed by atoms with Crippen molar-refractivity contribution in [2.75, 3.05) is 6.54 Å². The molecule has 0 unspecified atom stereocenters. The molecule has 1 amide bonds. The molecule has 1 fully saturated rings. The van der Waals surface area contributed by atoms with Crippen molar-refractivity contribution in [2.45, 2.75) is 38.6 Å². The molecule has 1 saturated carbocycles. The summed E-state index contributed by atoms with van der Waals surface area (Å²) in [6.07, 6.45) is 10.1. The molecule has 0 atom stereocenters. The molecule has 0 radical (unpaired) electrons. The zero-order valence-corrected chi connectivity index (χ0v) is 17.0. The van der Waals surface area contributed by atoms with Gasteiger partial charge in [0.25, 0.3) is 0 Å². The lowest BCUT2D eigenvalue weighted by Crippen LogP contribution is -2.28. The zero-order chi connectivity index (χ0) is 20.5. The summed E-state index contributed by atoms with van der Waals surface area (Å²) in [6, 6.07) is 10.1. The molecule has 3 heterocycles. The number of furan rings is 1. The number of carbonyl (C=O) groups is 1. The van der Waals surface area contributed by atoms with Crippen LogP contribution in [0.1, 0.15) is 35.6 Å². The quantitative estimate of drug-likeness (QED) is 0.504. The van der Waals surface area contributed by atoms with Gasteiger partial charge in [0.15, 0.2) is 0 Å². The third-order valence-electron chi connectivity index (χ3n) is 5.57. The number of hydrogen-bond donors (Lipinski definition) is 1. The van der Waals surface area contributed by atoms with Crippen molar-refractivity contribution in [1.29, 1.82) is 0 Å². The van der Waals surface area contributed by atoms with Gasteiger partial charge < -0.3 is 9.73 Å². The highest BCUT2D eigenvalue weighted by molar-refractivity contribution is 5.87. The maximum Gasteiger partial charge on any atom is 0.224 e. The van der Waals surface area contributed by atoms with Crippen molar-refractivity contribution >= 4 is 16.9 Å². The van der Waals surface area contributed by atoms with Crippen LogP contribution in [0.3, 0.4) is 0 Å². The molecular weight excluding hydrogens is 376 g/mol. The summed E-state index contributed by atoms with van der Waals surface area (Å²) in [5.41, 5.74) is 6.36. The molecule has 1 aromatic carbocycles. The second-order valence-electron chi connectivity index (χ2n) is 7.99. The number of aromatic nitrogens is 3. The number of rotatable bonds is 7. The molecule has 152 valence electrons. The Kier molecular flexibility index (Phi) is 4.83. The minimum Gasteiger partial charge on any atom is -0.464 e. The summed E-state index contributed by atoms with van der Waals surface area (Å²) in [4.78, 5) is 16.5. The Hall–Kier alpha value is -3.41. The lowest BCUT2D eigenvalue weighted by Gasteiger charge is -2.05. The number of carbonyl (C=O) groups excluding carboxylic acids is 1. The van der Waals surface area contributed by atoms with E-state index >= 15 is 0 Å². The summed E-state index contributed by atoms with van der Waals surface area (Å²) < 4.78 is 7.54. The number of fused-ring (bicyclic) bond motifs is 1. The van der Waals surface area contributed by atoms with Gasteiger partial charge in [-0.3, -0.25) is 14.5 Å². The van der Waals surface area contributed by atoms with Gasteiger partial charge in [0, 0.05) is 47.6 Å². The molecule has 5 rings (SSSR count). The van der Waals surface area contributed by atoms with Crippen molar-refractivity contribution in [2.24, 2.45) is 0 Å². The number of aryl methyl sites for hydroxylation is 1.